The molecule has 6 heteroatoms. The molecule has 2 heterocycles. The molecule has 0 spiro atoms. The third-order valence-electron chi connectivity index (χ3n) is 2.97. The van der Waals surface area contributed by atoms with Crippen LogP contribution < -0.4 is 5.32 Å². The van der Waals surface area contributed by atoms with Gasteiger partial charge in [-0.1, -0.05) is 0 Å². The molecule has 0 unspecified atom stereocenters. The van der Waals surface area contributed by atoms with Crippen molar-refractivity contribution in [2.45, 2.75) is 25.8 Å². The van der Waals surface area contributed by atoms with Crippen molar-refractivity contribution in [2.24, 2.45) is 7.05 Å². The standard InChI is InChI=1S/C11H16BrN3O2/c1-7-9(12)10(14-15(7)2)11(16)13-8-4-3-5-17-6-8/h8H,3-6H2,1-2H3,(H,13,16)/t8-/m1/s1. The van der Waals surface area contributed by atoms with Crippen molar-refractivity contribution in [3.8, 4) is 0 Å². The topological polar surface area (TPSA) is 56.1 Å². The normalized spacial score (nSPS) is 20.3. The Bertz CT molecular complexity index is 425. The fraction of sp³-hybridized carbons (Fsp3) is 0.636. The van der Waals surface area contributed by atoms with E-state index >= 15 is 0 Å². The number of nitrogens with one attached hydrogen (secondary N) is 1. The summed E-state index contributed by atoms with van der Waals surface area (Å²) in [6.45, 7) is 3.30. The molecule has 1 aliphatic heterocycles. The number of hydrogen-bond donors (Lipinski definition) is 1. The third-order valence-corrected chi connectivity index (χ3v) is 3.92. The van der Waals surface area contributed by atoms with Crippen molar-refractivity contribution in [3.05, 3.63) is 15.9 Å². The first-order valence-corrected chi connectivity index (χ1v) is 6.46. The molecule has 1 saturated heterocycles. The molecule has 5 nitrogen and oxygen atoms in total. The molecule has 0 aromatic carbocycles. The van der Waals surface area contributed by atoms with Gasteiger partial charge in [0, 0.05) is 13.7 Å². The lowest BCUT2D eigenvalue weighted by Crippen LogP contribution is -2.40. The second kappa shape index (κ2) is 5.18. The lowest BCUT2D eigenvalue weighted by molar-refractivity contribution is 0.0621. The van der Waals surface area contributed by atoms with E-state index in [2.05, 4.69) is 26.3 Å². The van der Waals surface area contributed by atoms with Crippen LogP contribution in [0, 0.1) is 6.92 Å². The van der Waals surface area contributed by atoms with E-state index in [1.807, 2.05) is 14.0 Å². The largest absolute Gasteiger partial charge is 0.379 e. The summed E-state index contributed by atoms with van der Waals surface area (Å²) < 4.78 is 7.78. The van der Waals surface area contributed by atoms with Crippen molar-refractivity contribution in [1.29, 1.82) is 0 Å². The summed E-state index contributed by atoms with van der Waals surface area (Å²) in [7, 11) is 1.82. The van der Waals surface area contributed by atoms with Crippen LogP contribution in [0.2, 0.25) is 0 Å². The molecule has 1 N–H and O–H groups in total. The molecule has 0 saturated carbocycles. The van der Waals surface area contributed by atoms with E-state index < -0.39 is 0 Å². The number of nitrogens with zero attached hydrogens (tertiary/aromatic N) is 2. The van der Waals surface area contributed by atoms with Crippen molar-refractivity contribution in [3.63, 3.8) is 0 Å². The predicted molar refractivity (Wildman–Crippen MR) is 67.0 cm³/mol. The molecule has 1 amide bonds. The van der Waals surface area contributed by atoms with Gasteiger partial charge < -0.3 is 10.1 Å². The van der Waals surface area contributed by atoms with Crippen molar-refractivity contribution < 1.29 is 9.53 Å². The summed E-state index contributed by atoms with van der Waals surface area (Å²) in [5, 5.41) is 7.14. The maximum absolute atomic E-state index is 12.0. The van der Waals surface area contributed by atoms with Gasteiger partial charge in [0.25, 0.3) is 5.91 Å². The van der Waals surface area contributed by atoms with Gasteiger partial charge in [-0.05, 0) is 35.7 Å². The van der Waals surface area contributed by atoms with Gasteiger partial charge in [0.15, 0.2) is 5.69 Å². The van der Waals surface area contributed by atoms with Crippen LogP contribution in [0.25, 0.3) is 0 Å². The zero-order valence-electron chi connectivity index (χ0n) is 9.99. The van der Waals surface area contributed by atoms with Gasteiger partial charge in [-0.25, -0.2) is 0 Å². The molecule has 1 aromatic heterocycles. The lowest BCUT2D eigenvalue weighted by Gasteiger charge is -2.22. The number of carbonyl (C=O) groups excluding carboxylic acids is 1. The predicted octanol–water partition coefficient (Wildman–Crippen LogP) is 1.40. The fourth-order valence-corrected chi connectivity index (χ4v) is 2.35. The van der Waals surface area contributed by atoms with Gasteiger partial charge in [-0.15, -0.1) is 0 Å². The highest BCUT2D eigenvalue weighted by atomic mass is 79.9. The van der Waals surface area contributed by atoms with Gasteiger partial charge in [-0.2, -0.15) is 5.10 Å². The van der Waals surface area contributed by atoms with Crippen molar-refractivity contribution in [2.75, 3.05) is 13.2 Å². The van der Waals surface area contributed by atoms with Crippen LogP contribution in [0.3, 0.4) is 0 Å². The average molecular weight is 302 g/mol. The van der Waals surface area contributed by atoms with Crippen LogP contribution >= 0.6 is 15.9 Å². The van der Waals surface area contributed by atoms with Gasteiger partial charge >= 0.3 is 0 Å². The lowest BCUT2D eigenvalue weighted by atomic mass is 10.1. The number of carbonyl (C=O) groups is 1. The van der Waals surface area contributed by atoms with Crippen LogP contribution in [0.5, 0.6) is 0 Å². The Morgan fingerprint density at radius 1 is 1.65 bits per heavy atom. The smallest absolute Gasteiger partial charge is 0.273 e. The Balaban J connectivity index is 2.06. The minimum absolute atomic E-state index is 0.102. The molecular weight excluding hydrogens is 286 g/mol. The van der Waals surface area contributed by atoms with E-state index in [-0.39, 0.29) is 11.9 Å². The van der Waals surface area contributed by atoms with Crippen molar-refractivity contribution >= 4 is 21.8 Å². The molecule has 1 aliphatic rings. The van der Waals surface area contributed by atoms with E-state index in [0.29, 0.717) is 12.3 Å². The van der Waals surface area contributed by atoms with Gasteiger partial charge in [0.2, 0.25) is 0 Å². The molecule has 0 bridgehead atoms. The maximum atomic E-state index is 12.0. The number of aromatic nitrogens is 2. The van der Waals surface area contributed by atoms with Gasteiger partial charge in [0.05, 0.1) is 22.8 Å². The zero-order valence-corrected chi connectivity index (χ0v) is 11.6. The molecule has 1 atom stereocenters. The maximum Gasteiger partial charge on any atom is 0.273 e. The molecule has 1 aromatic rings. The molecule has 1 fully saturated rings. The SMILES string of the molecule is Cc1c(Br)c(C(=O)N[C@@H]2CCCOC2)nn1C. The summed E-state index contributed by atoms with van der Waals surface area (Å²) in [5.41, 5.74) is 1.38. The summed E-state index contributed by atoms with van der Waals surface area (Å²) in [5.74, 6) is -0.143. The highest BCUT2D eigenvalue weighted by Gasteiger charge is 2.22. The van der Waals surface area contributed by atoms with Gasteiger partial charge in [-0.3, -0.25) is 9.48 Å². The van der Waals surface area contributed by atoms with Crippen LogP contribution in [0.1, 0.15) is 29.0 Å². The van der Waals surface area contributed by atoms with E-state index in [1.54, 1.807) is 4.68 Å². The van der Waals surface area contributed by atoms with E-state index in [9.17, 15) is 4.79 Å². The molecule has 0 aliphatic carbocycles. The summed E-state index contributed by atoms with van der Waals surface area (Å²) >= 11 is 3.39. The Hall–Kier alpha value is -0.880. The quantitative estimate of drug-likeness (QED) is 0.898. The fourth-order valence-electron chi connectivity index (χ4n) is 1.84. The zero-order chi connectivity index (χ0) is 12.4. The molecule has 94 valence electrons. The van der Waals surface area contributed by atoms with Crippen LogP contribution in [-0.4, -0.2) is 34.9 Å². The summed E-state index contributed by atoms with van der Waals surface area (Å²) in [6.07, 6.45) is 1.96. The van der Waals surface area contributed by atoms with Gasteiger partial charge in [0.1, 0.15) is 0 Å². The number of halogens is 1. The van der Waals surface area contributed by atoms with E-state index in [0.717, 1.165) is 29.6 Å². The number of aryl methyl sites for hydroxylation is 1. The Morgan fingerprint density at radius 3 is 2.94 bits per heavy atom. The minimum atomic E-state index is -0.143. The monoisotopic (exact) mass is 301 g/mol. The molecule has 2 rings (SSSR count). The average Bonchev–Trinajstić information content (AvgIpc) is 2.58. The Morgan fingerprint density at radius 2 is 2.41 bits per heavy atom. The molecule has 0 radical (unpaired) electrons. The second-order valence-corrected chi connectivity index (χ2v) is 5.05. The van der Waals surface area contributed by atoms with Crippen LogP contribution in [-0.2, 0) is 11.8 Å². The number of hydrogen-bond acceptors (Lipinski definition) is 3. The van der Waals surface area contributed by atoms with E-state index in [4.69, 9.17) is 4.74 Å². The first-order chi connectivity index (χ1) is 8.09. The highest BCUT2D eigenvalue weighted by Crippen LogP contribution is 2.20. The number of ether oxygens (including phenoxy) is 1. The van der Waals surface area contributed by atoms with Crippen molar-refractivity contribution in [1.82, 2.24) is 15.1 Å². The molecular formula is C11H16BrN3O2. The highest BCUT2D eigenvalue weighted by molar-refractivity contribution is 9.10. The summed E-state index contributed by atoms with van der Waals surface area (Å²) in [4.78, 5) is 12.0. The minimum Gasteiger partial charge on any atom is -0.379 e. The first kappa shape index (κ1) is 12.6. The Labute approximate surface area is 109 Å². The summed E-state index contributed by atoms with van der Waals surface area (Å²) in [6, 6.07) is 0.102. The van der Waals surface area contributed by atoms with Crippen LogP contribution in [0.15, 0.2) is 4.47 Å². The molecule has 17 heavy (non-hydrogen) atoms. The first-order valence-electron chi connectivity index (χ1n) is 5.67. The van der Waals surface area contributed by atoms with Crippen LogP contribution in [0.4, 0.5) is 0 Å². The number of rotatable bonds is 2. The third kappa shape index (κ3) is 2.69. The second-order valence-electron chi connectivity index (χ2n) is 4.26. The number of amides is 1. The Kier molecular flexibility index (Phi) is 3.83. The van der Waals surface area contributed by atoms with E-state index in [1.165, 1.54) is 0 Å².